The van der Waals surface area contributed by atoms with E-state index >= 15 is 0 Å². The van der Waals surface area contributed by atoms with Crippen LogP contribution in [-0.4, -0.2) is 30.5 Å². The van der Waals surface area contributed by atoms with E-state index in [0.717, 1.165) is 6.54 Å². The van der Waals surface area contributed by atoms with Gasteiger partial charge in [0.25, 0.3) is 0 Å². The molecule has 1 aromatic carbocycles. The van der Waals surface area contributed by atoms with Crippen molar-refractivity contribution in [3.05, 3.63) is 35.9 Å². The summed E-state index contributed by atoms with van der Waals surface area (Å²) in [4.78, 5) is 0. The number of morpholine rings is 1. The highest BCUT2D eigenvalue weighted by Crippen LogP contribution is 2.25. The zero-order valence-electron chi connectivity index (χ0n) is 8.96. The van der Waals surface area contributed by atoms with Crippen LogP contribution in [0.4, 0.5) is 0 Å². The average Bonchev–Trinajstić information content (AvgIpc) is 2.40. The van der Waals surface area contributed by atoms with Gasteiger partial charge in [-0.1, -0.05) is 30.3 Å². The average molecular weight is 260 g/mol. The maximum Gasteiger partial charge on any atom is 0.0950 e. The van der Waals surface area contributed by atoms with Crippen LogP contribution in [0.15, 0.2) is 30.3 Å². The zero-order valence-corrected chi connectivity index (χ0v) is 10.5. The summed E-state index contributed by atoms with van der Waals surface area (Å²) in [7, 11) is 0. The maximum atomic E-state index is 5.90. The van der Waals surface area contributed by atoms with Gasteiger partial charge in [0, 0.05) is 18.3 Å². The van der Waals surface area contributed by atoms with E-state index in [0.29, 0.717) is 18.4 Å². The van der Waals surface area contributed by atoms with Gasteiger partial charge in [-0.05, 0) is 5.56 Å². The molecule has 0 radical (unpaired) electrons. The minimum absolute atomic E-state index is 0.0979. The zero-order chi connectivity index (χ0) is 11.4. The van der Waals surface area contributed by atoms with Crippen molar-refractivity contribution in [3.63, 3.8) is 0 Å². The van der Waals surface area contributed by atoms with Crippen molar-refractivity contribution in [2.45, 2.75) is 11.6 Å². The molecule has 1 aromatic rings. The molecule has 0 aromatic heterocycles. The highest BCUT2D eigenvalue weighted by molar-refractivity contribution is 6.22. The van der Waals surface area contributed by atoms with Gasteiger partial charge in [-0.3, -0.25) is 0 Å². The Morgan fingerprint density at radius 1 is 1.25 bits per heavy atom. The lowest BCUT2D eigenvalue weighted by Crippen LogP contribution is -2.57. The lowest BCUT2D eigenvalue weighted by atomic mass is 10.0. The van der Waals surface area contributed by atoms with Crippen molar-refractivity contribution in [1.82, 2.24) is 5.32 Å². The molecule has 1 saturated heterocycles. The van der Waals surface area contributed by atoms with Gasteiger partial charge in [0.05, 0.1) is 18.2 Å². The Labute approximate surface area is 106 Å². The van der Waals surface area contributed by atoms with Crippen molar-refractivity contribution in [1.29, 1.82) is 0 Å². The van der Waals surface area contributed by atoms with Gasteiger partial charge < -0.3 is 10.1 Å². The molecular weight excluding hydrogens is 245 g/mol. The largest absolute Gasteiger partial charge is 0.370 e. The van der Waals surface area contributed by atoms with Crippen LogP contribution in [0.5, 0.6) is 0 Å². The second kappa shape index (κ2) is 5.37. The Balaban J connectivity index is 2.00. The summed E-state index contributed by atoms with van der Waals surface area (Å²) in [5.74, 6) is 0.940. The first-order valence-electron chi connectivity index (χ1n) is 5.33. The van der Waals surface area contributed by atoms with E-state index in [4.69, 9.17) is 27.9 Å². The molecule has 0 amide bonds. The summed E-state index contributed by atoms with van der Waals surface area (Å²) in [6, 6.07) is 10.2. The molecule has 88 valence electrons. The summed E-state index contributed by atoms with van der Waals surface area (Å²) in [6.07, 6.45) is 0.0979. The van der Waals surface area contributed by atoms with Crippen LogP contribution in [0.3, 0.4) is 0 Å². The van der Waals surface area contributed by atoms with Crippen molar-refractivity contribution >= 4 is 23.2 Å². The highest BCUT2D eigenvalue weighted by Gasteiger charge is 2.34. The molecule has 1 heterocycles. The van der Waals surface area contributed by atoms with E-state index in [1.165, 1.54) is 5.56 Å². The Morgan fingerprint density at radius 3 is 2.44 bits per heavy atom. The number of rotatable bonds is 3. The Morgan fingerprint density at radius 2 is 1.94 bits per heavy atom. The SMILES string of the molecule is ClCC1(CCl)COC(c2ccccc2)CN1. The second-order valence-electron chi connectivity index (χ2n) is 4.14. The fraction of sp³-hybridized carbons (Fsp3) is 0.500. The molecule has 1 aliphatic rings. The van der Waals surface area contributed by atoms with E-state index in [9.17, 15) is 0 Å². The predicted octanol–water partition coefficient (Wildman–Crippen LogP) is 2.56. The molecule has 4 heteroatoms. The van der Waals surface area contributed by atoms with Crippen LogP contribution in [0.25, 0.3) is 0 Å². The van der Waals surface area contributed by atoms with Crippen LogP contribution >= 0.6 is 23.2 Å². The molecule has 0 saturated carbocycles. The number of hydrogen-bond acceptors (Lipinski definition) is 2. The molecule has 1 atom stereocenters. The van der Waals surface area contributed by atoms with Gasteiger partial charge in [0.2, 0.25) is 0 Å². The molecular formula is C12H15Cl2NO. The van der Waals surface area contributed by atoms with Gasteiger partial charge >= 0.3 is 0 Å². The summed E-state index contributed by atoms with van der Waals surface area (Å²) >= 11 is 11.8. The van der Waals surface area contributed by atoms with E-state index in [1.54, 1.807) is 0 Å². The summed E-state index contributed by atoms with van der Waals surface area (Å²) in [5, 5.41) is 3.39. The molecule has 0 bridgehead atoms. The molecule has 1 fully saturated rings. The molecule has 1 unspecified atom stereocenters. The quantitative estimate of drug-likeness (QED) is 0.843. The smallest absolute Gasteiger partial charge is 0.0950 e. The van der Waals surface area contributed by atoms with Crippen molar-refractivity contribution in [3.8, 4) is 0 Å². The minimum Gasteiger partial charge on any atom is -0.370 e. The standard InChI is InChI=1S/C12H15Cl2NO/c13-7-12(8-14)9-16-11(6-15-12)10-4-2-1-3-5-10/h1-5,11,15H,6-9H2. The molecule has 16 heavy (non-hydrogen) atoms. The number of ether oxygens (including phenoxy) is 1. The number of alkyl halides is 2. The third kappa shape index (κ3) is 2.51. The van der Waals surface area contributed by atoms with Crippen LogP contribution in [0.1, 0.15) is 11.7 Å². The van der Waals surface area contributed by atoms with Gasteiger partial charge in [0.1, 0.15) is 0 Å². The van der Waals surface area contributed by atoms with Crippen LogP contribution < -0.4 is 5.32 Å². The summed E-state index contributed by atoms with van der Waals surface area (Å²) < 4.78 is 5.83. The second-order valence-corrected chi connectivity index (χ2v) is 4.67. The molecule has 1 N–H and O–H groups in total. The predicted molar refractivity (Wildman–Crippen MR) is 67.3 cm³/mol. The summed E-state index contributed by atoms with van der Waals surface area (Å²) in [6.45, 7) is 1.31. The van der Waals surface area contributed by atoms with Crippen LogP contribution in [-0.2, 0) is 4.74 Å². The van der Waals surface area contributed by atoms with E-state index in [1.807, 2.05) is 18.2 Å². The lowest BCUT2D eigenvalue weighted by Gasteiger charge is -2.38. The molecule has 2 nitrogen and oxygen atoms in total. The Bertz CT molecular complexity index is 317. The maximum absolute atomic E-state index is 5.90. The van der Waals surface area contributed by atoms with Crippen LogP contribution in [0.2, 0.25) is 0 Å². The highest BCUT2D eigenvalue weighted by atomic mass is 35.5. The van der Waals surface area contributed by atoms with Gasteiger partial charge in [-0.2, -0.15) is 0 Å². The number of halogens is 2. The fourth-order valence-corrected chi connectivity index (χ4v) is 2.40. The lowest BCUT2D eigenvalue weighted by molar-refractivity contribution is -0.0206. The van der Waals surface area contributed by atoms with E-state index < -0.39 is 0 Å². The van der Waals surface area contributed by atoms with E-state index in [2.05, 4.69) is 17.4 Å². The Kier molecular flexibility index (Phi) is 4.09. The Hall–Kier alpha value is -0.280. The summed E-state index contributed by atoms with van der Waals surface area (Å²) in [5.41, 5.74) is 0.918. The van der Waals surface area contributed by atoms with Crippen molar-refractivity contribution in [2.24, 2.45) is 0 Å². The van der Waals surface area contributed by atoms with Gasteiger partial charge in [-0.25, -0.2) is 0 Å². The molecule has 2 rings (SSSR count). The molecule has 1 aliphatic heterocycles. The topological polar surface area (TPSA) is 21.3 Å². The number of hydrogen-bond donors (Lipinski definition) is 1. The van der Waals surface area contributed by atoms with Gasteiger partial charge in [-0.15, -0.1) is 23.2 Å². The number of benzene rings is 1. The molecule has 0 aliphatic carbocycles. The third-order valence-corrected chi connectivity index (χ3v) is 3.93. The van der Waals surface area contributed by atoms with Crippen molar-refractivity contribution in [2.75, 3.05) is 24.9 Å². The fourth-order valence-electron chi connectivity index (χ4n) is 1.77. The minimum atomic E-state index is -0.269. The number of nitrogens with one attached hydrogen (secondary N) is 1. The van der Waals surface area contributed by atoms with E-state index in [-0.39, 0.29) is 11.6 Å². The first-order valence-corrected chi connectivity index (χ1v) is 6.40. The normalized spacial score (nSPS) is 24.2. The third-order valence-electron chi connectivity index (χ3n) is 2.91. The van der Waals surface area contributed by atoms with Crippen LogP contribution in [0, 0.1) is 0 Å². The first-order chi connectivity index (χ1) is 7.79. The monoisotopic (exact) mass is 259 g/mol. The first kappa shape index (κ1) is 12.2. The molecule has 0 spiro atoms. The van der Waals surface area contributed by atoms with Crippen molar-refractivity contribution < 1.29 is 4.74 Å². The van der Waals surface area contributed by atoms with Gasteiger partial charge in [0.15, 0.2) is 0 Å².